The molecule has 3 heteroatoms. The Kier molecular flexibility index (Phi) is 2.53. The summed E-state index contributed by atoms with van der Waals surface area (Å²) in [5, 5.41) is 9.87. The zero-order chi connectivity index (χ0) is 10.9. The highest BCUT2D eigenvalue weighted by Crippen LogP contribution is 2.40. The molecule has 0 heterocycles. The summed E-state index contributed by atoms with van der Waals surface area (Å²) in [4.78, 5) is 11.4. The first-order valence-electron chi connectivity index (χ1n) is 4.80. The third-order valence-corrected chi connectivity index (χ3v) is 3.23. The molecule has 1 aliphatic rings. The van der Waals surface area contributed by atoms with Gasteiger partial charge in [0.25, 0.3) is 0 Å². The van der Waals surface area contributed by atoms with Gasteiger partial charge >= 0.3 is 5.97 Å². The van der Waals surface area contributed by atoms with E-state index in [1.165, 1.54) is 0 Å². The van der Waals surface area contributed by atoms with Gasteiger partial charge in [0.1, 0.15) is 5.41 Å². The van der Waals surface area contributed by atoms with E-state index in [9.17, 15) is 9.90 Å². The van der Waals surface area contributed by atoms with Crippen molar-refractivity contribution < 1.29 is 9.90 Å². The second-order valence-electron chi connectivity index (χ2n) is 3.75. The zero-order valence-corrected chi connectivity index (χ0v) is 8.87. The van der Waals surface area contributed by atoms with Crippen molar-refractivity contribution in [3.8, 4) is 0 Å². The minimum atomic E-state index is -0.849. The fraction of sp³-hybridized carbons (Fsp3) is 0.250. The predicted molar refractivity (Wildman–Crippen MR) is 59.1 cm³/mol. The minimum Gasteiger partial charge on any atom is -0.481 e. The lowest BCUT2D eigenvalue weighted by atomic mass is 9.78. The average Bonchev–Trinajstić information content (AvgIpc) is 2.68. The van der Waals surface area contributed by atoms with Crippen LogP contribution in [-0.2, 0) is 10.2 Å². The van der Waals surface area contributed by atoms with Crippen LogP contribution in [0.15, 0.2) is 36.4 Å². The van der Waals surface area contributed by atoms with Crippen LogP contribution in [0.5, 0.6) is 0 Å². The van der Waals surface area contributed by atoms with Gasteiger partial charge in [-0.25, -0.2) is 0 Å². The SMILES string of the molecule is O=C(O)C1(c2ccccc2Cl)CC=CC1. The van der Waals surface area contributed by atoms with Crippen LogP contribution in [0.2, 0.25) is 5.02 Å². The number of carboxylic acids is 1. The molecular formula is C12H11ClO2. The van der Waals surface area contributed by atoms with Crippen LogP contribution in [0.1, 0.15) is 18.4 Å². The van der Waals surface area contributed by atoms with E-state index in [1.807, 2.05) is 24.3 Å². The van der Waals surface area contributed by atoms with Crippen molar-refractivity contribution in [3.63, 3.8) is 0 Å². The maximum atomic E-state index is 11.4. The number of rotatable bonds is 2. The Bertz CT molecular complexity index is 415. The molecule has 0 saturated heterocycles. The van der Waals surface area contributed by atoms with Crippen LogP contribution in [0.25, 0.3) is 0 Å². The Morgan fingerprint density at radius 2 is 1.87 bits per heavy atom. The molecule has 0 unspecified atom stereocenters. The van der Waals surface area contributed by atoms with E-state index < -0.39 is 11.4 Å². The molecule has 78 valence electrons. The number of aliphatic carboxylic acids is 1. The summed E-state index contributed by atoms with van der Waals surface area (Å²) < 4.78 is 0. The molecule has 1 N–H and O–H groups in total. The fourth-order valence-corrected chi connectivity index (χ4v) is 2.33. The largest absolute Gasteiger partial charge is 0.481 e. The molecule has 0 aromatic heterocycles. The van der Waals surface area contributed by atoms with Gasteiger partial charge in [-0.3, -0.25) is 4.79 Å². The Balaban J connectivity index is 2.51. The van der Waals surface area contributed by atoms with E-state index in [0.717, 1.165) is 0 Å². The predicted octanol–water partition coefficient (Wildman–Crippen LogP) is 3.01. The number of hydrogen-bond acceptors (Lipinski definition) is 1. The molecule has 0 radical (unpaired) electrons. The van der Waals surface area contributed by atoms with Crippen LogP contribution in [0.4, 0.5) is 0 Å². The molecule has 2 rings (SSSR count). The van der Waals surface area contributed by atoms with Crippen LogP contribution < -0.4 is 0 Å². The van der Waals surface area contributed by atoms with E-state index in [0.29, 0.717) is 23.4 Å². The van der Waals surface area contributed by atoms with Crippen LogP contribution >= 0.6 is 11.6 Å². The summed E-state index contributed by atoms with van der Waals surface area (Å²) in [6.07, 6.45) is 4.84. The fourth-order valence-electron chi connectivity index (χ4n) is 2.01. The van der Waals surface area contributed by atoms with Gasteiger partial charge in [0, 0.05) is 5.02 Å². The number of allylic oxidation sites excluding steroid dienone is 2. The highest BCUT2D eigenvalue weighted by molar-refractivity contribution is 6.31. The summed E-state index contributed by atoms with van der Waals surface area (Å²) in [5.41, 5.74) is -0.137. The molecule has 15 heavy (non-hydrogen) atoms. The van der Waals surface area contributed by atoms with E-state index in [4.69, 9.17) is 11.6 Å². The summed E-state index contributed by atoms with van der Waals surface area (Å²) >= 11 is 6.05. The number of carbonyl (C=O) groups is 1. The number of benzene rings is 1. The Hall–Kier alpha value is -1.28. The van der Waals surface area contributed by atoms with Crippen molar-refractivity contribution in [2.45, 2.75) is 18.3 Å². The van der Waals surface area contributed by atoms with Crippen molar-refractivity contribution >= 4 is 17.6 Å². The third-order valence-electron chi connectivity index (χ3n) is 2.90. The first-order valence-corrected chi connectivity index (χ1v) is 5.18. The molecule has 0 spiro atoms. The molecule has 0 atom stereocenters. The second kappa shape index (κ2) is 3.70. The normalized spacial score (nSPS) is 17.9. The first kappa shape index (κ1) is 10.2. The third kappa shape index (κ3) is 1.55. The lowest BCUT2D eigenvalue weighted by Gasteiger charge is -2.25. The van der Waals surface area contributed by atoms with E-state index in [-0.39, 0.29) is 0 Å². The molecule has 0 aliphatic heterocycles. The Morgan fingerprint density at radius 1 is 1.27 bits per heavy atom. The van der Waals surface area contributed by atoms with Crippen molar-refractivity contribution in [2.75, 3.05) is 0 Å². The topological polar surface area (TPSA) is 37.3 Å². The summed E-state index contributed by atoms with van der Waals surface area (Å²) in [5.74, 6) is -0.805. The quantitative estimate of drug-likeness (QED) is 0.781. The Labute approximate surface area is 93.2 Å². The molecular weight excluding hydrogens is 212 g/mol. The summed E-state index contributed by atoms with van der Waals surface area (Å²) in [6, 6.07) is 7.16. The molecule has 0 amide bonds. The summed E-state index contributed by atoms with van der Waals surface area (Å²) in [7, 11) is 0. The number of hydrogen-bond donors (Lipinski definition) is 1. The first-order chi connectivity index (χ1) is 7.17. The monoisotopic (exact) mass is 222 g/mol. The van der Waals surface area contributed by atoms with Gasteiger partial charge < -0.3 is 5.11 Å². The molecule has 0 saturated carbocycles. The van der Waals surface area contributed by atoms with Gasteiger partial charge in [0.15, 0.2) is 0 Å². The van der Waals surface area contributed by atoms with Gasteiger partial charge in [-0.05, 0) is 24.5 Å². The van der Waals surface area contributed by atoms with Crippen LogP contribution in [-0.4, -0.2) is 11.1 Å². The average molecular weight is 223 g/mol. The highest BCUT2D eigenvalue weighted by atomic mass is 35.5. The zero-order valence-electron chi connectivity index (χ0n) is 8.11. The van der Waals surface area contributed by atoms with Crippen molar-refractivity contribution in [1.82, 2.24) is 0 Å². The van der Waals surface area contributed by atoms with Gasteiger partial charge in [-0.2, -0.15) is 0 Å². The van der Waals surface area contributed by atoms with Gasteiger partial charge in [-0.1, -0.05) is 42.0 Å². The van der Waals surface area contributed by atoms with E-state index in [1.54, 1.807) is 12.1 Å². The van der Waals surface area contributed by atoms with Gasteiger partial charge in [0.05, 0.1) is 0 Å². The lowest BCUT2D eigenvalue weighted by molar-refractivity contribution is -0.143. The second-order valence-corrected chi connectivity index (χ2v) is 4.15. The maximum absolute atomic E-state index is 11.4. The minimum absolute atomic E-state index is 0.520. The Morgan fingerprint density at radius 3 is 2.40 bits per heavy atom. The molecule has 0 fully saturated rings. The van der Waals surface area contributed by atoms with E-state index in [2.05, 4.69) is 0 Å². The standard InChI is InChI=1S/C12H11ClO2/c13-10-6-2-1-5-9(10)12(11(14)15)7-3-4-8-12/h1-6H,7-8H2,(H,14,15). The molecule has 1 aromatic carbocycles. The highest BCUT2D eigenvalue weighted by Gasteiger charge is 2.41. The summed E-state index contributed by atoms with van der Waals surface area (Å²) in [6.45, 7) is 0. The van der Waals surface area contributed by atoms with Crippen molar-refractivity contribution in [3.05, 3.63) is 47.0 Å². The lowest BCUT2D eigenvalue weighted by Crippen LogP contribution is -2.33. The van der Waals surface area contributed by atoms with E-state index >= 15 is 0 Å². The molecule has 0 bridgehead atoms. The molecule has 2 nitrogen and oxygen atoms in total. The molecule has 1 aliphatic carbocycles. The van der Waals surface area contributed by atoms with Gasteiger partial charge in [0.2, 0.25) is 0 Å². The maximum Gasteiger partial charge on any atom is 0.314 e. The van der Waals surface area contributed by atoms with Crippen molar-refractivity contribution in [2.24, 2.45) is 0 Å². The molecule has 1 aromatic rings. The number of halogens is 1. The van der Waals surface area contributed by atoms with Crippen molar-refractivity contribution in [1.29, 1.82) is 0 Å². The van der Waals surface area contributed by atoms with Crippen LogP contribution in [0, 0.1) is 0 Å². The van der Waals surface area contributed by atoms with Gasteiger partial charge in [-0.15, -0.1) is 0 Å². The van der Waals surface area contributed by atoms with Crippen LogP contribution in [0.3, 0.4) is 0 Å². The smallest absolute Gasteiger partial charge is 0.314 e. The number of carboxylic acid groups (broad SMARTS) is 1.